The van der Waals surface area contributed by atoms with E-state index in [9.17, 15) is 18.0 Å². The third kappa shape index (κ3) is 7.34. The number of rotatable bonds is 6. The molecule has 1 unspecified atom stereocenters. The Morgan fingerprint density at radius 1 is 1.03 bits per heavy atom. The number of anilines is 1. The van der Waals surface area contributed by atoms with Crippen LogP contribution in [0.5, 0.6) is 0 Å². The highest BCUT2D eigenvalue weighted by Gasteiger charge is 2.31. The van der Waals surface area contributed by atoms with E-state index in [1.807, 2.05) is 4.90 Å². The number of carbonyl (C=O) groups excluding carboxylic acids is 1. The number of benzene rings is 1. The predicted molar refractivity (Wildman–Crippen MR) is 130 cm³/mol. The normalized spacial score (nSPS) is 20.0. The van der Waals surface area contributed by atoms with E-state index in [-0.39, 0.29) is 12.1 Å². The maximum Gasteiger partial charge on any atom is 0.417 e. The number of pyridine rings is 1. The standard InChI is InChI=1S/C26H34F3N5O/c1-19-3-2-12-33(17-19)18-21-6-4-20(5-7-21)15-31-25(35)32-23-10-13-34(14-11-23)24-9-8-22(16-30-24)26(27,28)29/h4-9,16,19,23H,2-3,10-15,17-18H2,1H3,(H2,31,32,35). The fourth-order valence-corrected chi connectivity index (χ4v) is 4.86. The summed E-state index contributed by atoms with van der Waals surface area (Å²) >= 11 is 0. The van der Waals surface area contributed by atoms with E-state index in [2.05, 4.69) is 51.7 Å². The number of nitrogens with zero attached hydrogens (tertiary/aromatic N) is 3. The van der Waals surface area contributed by atoms with E-state index in [0.717, 1.165) is 43.4 Å². The molecule has 2 aliphatic rings. The minimum atomic E-state index is -4.39. The van der Waals surface area contributed by atoms with Crippen LogP contribution in [-0.4, -0.2) is 48.1 Å². The summed E-state index contributed by atoms with van der Waals surface area (Å²) in [7, 11) is 0. The van der Waals surface area contributed by atoms with Gasteiger partial charge in [-0.15, -0.1) is 0 Å². The average molecular weight is 490 g/mol. The van der Waals surface area contributed by atoms with Crippen molar-refractivity contribution in [1.29, 1.82) is 0 Å². The van der Waals surface area contributed by atoms with Crippen molar-refractivity contribution < 1.29 is 18.0 Å². The van der Waals surface area contributed by atoms with Crippen molar-refractivity contribution in [3.63, 3.8) is 0 Å². The zero-order valence-electron chi connectivity index (χ0n) is 20.2. The maximum absolute atomic E-state index is 12.7. The quantitative estimate of drug-likeness (QED) is 0.612. The van der Waals surface area contributed by atoms with Crippen molar-refractivity contribution in [3.05, 3.63) is 59.3 Å². The molecule has 2 aliphatic heterocycles. The highest BCUT2D eigenvalue weighted by Crippen LogP contribution is 2.29. The molecular weight excluding hydrogens is 455 g/mol. The van der Waals surface area contributed by atoms with Crippen molar-refractivity contribution >= 4 is 11.8 Å². The van der Waals surface area contributed by atoms with Gasteiger partial charge in [-0.2, -0.15) is 13.2 Å². The molecule has 2 N–H and O–H groups in total. The second-order valence-electron chi connectivity index (χ2n) is 9.79. The summed E-state index contributed by atoms with van der Waals surface area (Å²) < 4.78 is 38.2. The van der Waals surface area contributed by atoms with Gasteiger partial charge in [0.25, 0.3) is 0 Å². The van der Waals surface area contributed by atoms with Crippen LogP contribution >= 0.6 is 0 Å². The third-order valence-corrected chi connectivity index (χ3v) is 6.85. The van der Waals surface area contributed by atoms with Gasteiger partial charge in [-0.1, -0.05) is 31.2 Å². The molecule has 2 amide bonds. The van der Waals surface area contributed by atoms with Gasteiger partial charge in [0.2, 0.25) is 0 Å². The van der Waals surface area contributed by atoms with Crippen LogP contribution in [0.1, 0.15) is 49.3 Å². The minimum absolute atomic E-state index is 0.0232. The molecule has 1 aromatic heterocycles. The van der Waals surface area contributed by atoms with Gasteiger partial charge in [-0.05, 0) is 61.4 Å². The summed E-state index contributed by atoms with van der Waals surface area (Å²) in [6.07, 6.45) is 0.485. The van der Waals surface area contributed by atoms with Crippen LogP contribution in [0.4, 0.5) is 23.8 Å². The Bertz CT molecular complexity index is 956. The van der Waals surface area contributed by atoms with Crippen LogP contribution in [0.15, 0.2) is 42.6 Å². The van der Waals surface area contributed by atoms with Gasteiger partial charge < -0.3 is 15.5 Å². The molecule has 2 saturated heterocycles. The molecule has 6 nitrogen and oxygen atoms in total. The van der Waals surface area contributed by atoms with Crippen LogP contribution in [0.3, 0.4) is 0 Å². The molecule has 0 spiro atoms. The number of alkyl halides is 3. The number of aromatic nitrogens is 1. The van der Waals surface area contributed by atoms with Crippen molar-refractivity contribution in [2.45, 2.75) is 57.9 Å². The second kappa shape index (κ2) is 11.3. The van der Waals surface area contributed by atoms with E-state index in [4.69, 9.17) is 0 Å². The van der Waals surface area contributed by atoms with Gasteiger partial charge in [0.1, 0.15) is 5.82 Å². The highest BCUT2D eigenvalue weighted by molar-refractivity contribution is 5.74. The Balaban J connectivity index is 1.16. The lowest BCUT2D eigenvalue weighted by Gasteiger charge is -2.33. The van der Waals surface area contributed by atoms with Gasteiger partial charge in [0.05, 0.1) is 5.56 Å². The number of hydrogen-bond acceptors (Lipinski definition) is 4. The van der Waals surface area contributed by atoms with Crippen molar-refractivity contribution in [1.82, 2.24) is 20.5 Å². The Hall–Kier alpha value is -2.81. The van der Waals surface area contributed by atoms with Crippen LogP contribution in [0, 0.1) is 5.92 Å². The molecule has 0 bridgehead atoms. The Kier molecular flexibility index (Phi) is 8.15. The van der Waals surface area contributed by atoms with E-state index < -0.39 is 11.7 Å². The molecule has 0 saturated carbocycles. The number of nitrogens with one attached hydrogen (secondary N) is 2. The lowest BCUT2D eigenvalue weighted by Crippen LogP contribution is -2.48. The Labute approximate surface area is 204 Å². The first-order valence-electron chi connectivity index (χ1n) is 12.4. The average Bonchev–Trinajstić information content (AvgIpc) is 2.84. The van der Waals surface area contributed by atoms with Crippen molar-refractivity contribution in [2.75, 3.05) is 31.1 Å². The van der Waals surface area contributed by atoms with Crippen LogP contribution in [-0.2, 0) is 19.3 Å². The first kappa shape index (κ1) is 25.3. The molecule has 9 heteroatoms. The number of amides is 2. The largest absolute Gasteiger partial charge is 0.417 e. The summed E-state index contributed by atoms with van der Waals surface area (Å²) in [4.78, 5) is 20.8. The first-order chi connectivity index (χ1) is 16.8. The maximum atomic E-state index is 12.7. The lowest BCUT2D eigenvalue weighted by molar-refractivity contribution is -0.137. The third-order valence-electron chi connectivity index (χ3n) is 6.85. The molecule has 4 rings (SSSR count). The molecule has 3 heterocycles. The van der Waals surface area contributed by atoms with Crippen LogP contribution in [0.2, 0.25) is 0 Å². The summed E-state index contributed by atoms with van der Waals surface area (Å²) in [5, 5.41) is 5.93. The fourth-order valence-electron chi connectivity index (χ4n) is 4.86. The SMILES string of the molecule is CC1CCCN(Cc2ccc(CNC(=O)NC3CCN(c4ccc(C(F)(F)F)cn4)CC3)cc2)C1. The van der Waals surface area contributed by atoms with E-state index in [1.165, 1.54) is 24.5 Å². The molecule has 2 aromatic rings. The van der Waals surface area contributed by atoms with E-state index >= 15 is 0 Å². The lowest BCUT2D eigenvalue weighted by atomic mass is 9.99. The Morgan fingerprint density at radius 3 is 2.37 bits per heavy atom. The smallest absolute Gasteiger partial charge is 0.356 e. The fraction of sp³-hybridized carbons (Fsp3) is 0.538. The van der Waals surface area contributed by atoms with E-state index in [0.29, 0.717) is 38.3 Å². The summed E-state index contributed by atoms with van der Waals surface area (Å²) in [6.45, 7) is 7.31. The number of urea groups is 1. The van der Waals surface area contributed by atoms with Crippen LogP contribution in [0.25, 0.3) is 0 Å². The zero-order chi connectivity index (χ0) is 24.8. The topological polar surface area (TPSA) is 60.5 Å². The van der Waals surface area contributed by atoms with Crippen molar-refractivity contribution in [3.8, 4) is 0 Å². The molecule has 2 fully saturated rings. The summed E-state index contributed by atoms with van der Waals surface area (Å²) in [5.41, 5.74) is 1.60. The predicted octanol–water partition coefficient (Wildman–Crippen LogP) is 4.80. The molecule has 1 aromatic carbocycles. The van der Waals surface area contributed by atoms with E-state index in [1.54, 1.807) is 0 Å². The van der Waals surface area contributed by atoms with Crippen molar-refractivity contribution in [2.24, 2.45) is 5.92 Å². The molecule has 0 aliphatic carbocycles. The summed E-state index contributed by atoms with van der Waals surface area (Å²) in [5.74, 6) is 1.29. The zero-order valence-corrected chi connectivity index (χ0v) is 20.2. The van der Waals surface area contributed by atoms with Gasteiger partial charge in [-0.3, -0.25) is 4.90 Å². The number of carbonyl (C=O) groups is 1. The monoisotopic (exact) mass is 489 g/mol. The number of likely N-dealkylation sites (tertiary alicyclic amines) is 1. The van der Waals surface area contributed by atoms with Gasteiger partial charge in [0, 0.05) is 45.0 Å². The van der Waals surface area contributed by atoms with Gasteiger partial charge in [-0.25, -0.2) is 9.78 Å². The van der Waals surface area contributed by atoms with Gasteiger partial charge in [0.15, 0.2) is 0 Å². The first-order valence-corrected chi connectivity index (χ1v) is 12.4. The molecule has 1 atom stereocenters. The molecule has 35 heavy (non-hydrogen) atoms. The van der Waals surface area contributed by atoms with Crippen LogP contribution < -0.4 is 15.5 Å². The molecule has 190 valence electrons. The highest BCUT2D eigenvalue weighted by atomic mass is 19.4. The summed E-state index contributed by atoms with van der Waals surface area (Å²) in [6, 6.07) is 10.7. The molecule has 0 radical (unpaired) electrons. The van der Waals surface area contributed by atoms with Gasteiger partial charge >= 0.3 is 12.2 Å². The molecular formula is C26H34F3N5O. The number of halogens is 3. The number of piperidine rings is 2. The second-order valence-corrected chi connectivity index (χ2v) is 9.79. The minimum Gasteiger partial charge on any atom is -0.356 e. The Morgan fingerprint density at radius 2 is 1.74 bits per heavy atom. The number of hydrogen-bond donors (Lipinski definition) is 2.